The molecule has 0 aliphatic carbocycles. The maximum absolute atomic E-state index is 12.3. The summed E-state index contributed by atoms with van der Waals surface area (Å²) < 4.78 is 1.93. The third kappa shape index (κ3) is 3.24. The molecule has 0 unspecified atom stereocenters. The molecule has 0 aromatic carbocycles. The van der Waals surface area contributed by atoms with Gasteiger partial charge in [-0.05, 0) is 25.0 Å². The smallest absolute Gasteiger partial charge is 0.317 e. The predicted octanol–water partition coefficient (Wildman–Crippen LogP) is 1.30. The fourth-order valence-electron chi connectivity index (χ4n) is 2.81. The van der Waals surface area contributed by atoms with E-state index < -0.39 is 0 Å². The van der Waals surface area contributed by atoms with Gasteiger partial charge >= 0.3 is 6.03 Å². The van der Waals surface area contributed by atoms with Crippen LogP contribution in [0.15, 0.2) is 30.7 Å². The third-order valence-electron chi connectivity index (χ3n) is 3.97. The van der Waals surface area contributed by atoms with Gasteiger partial charge in [-0.1, -0.05) is 6.07 Å². The Kier molecular flexibility index (Phi) is 4.32. The Bertz CT molecular complexity index is 626. The van der Waals surface area contributed by atoms with Gasteiger partial charge in [-0.2, -0.15) is 0 Å². The number of carbonyl (C=O) groups excluding carboxylic acids is 1. The Balaban J connectivity index is 1.57. The summed E-state index contributed by atoms with van der Waals surface area (Å²) in [5, 5.41) is 11.0. The Morgan fingerprint density at radius 3 is 3.09 bits per heavy atom. The van der Waals surface area contributed by atoms with Crippen LogP contribution in [0, 0.1) is 0 Å². The third-order valence-corrected chi connectivity index (χ3v) is 3.97. The summed E-state index contributed by atoms with van der Waals surface area (Å²) in [6.45, 7) is 1.91. The van der Waals surface area contributed by atoms with Crippen LogP contribution in [-0.2, 0) is 13.6 Å². The summed E-state index contributed by atoms with van der Waals surface area (Å²) in [7, 11) is 1.94. The van der Waals surface area contributed by atoms with E-state index in [0.717, 1.165) is 30.9 Å². The normalized spacial score (nSPS) is 18.2. The Hall–Kier alpha value is -2.44. The predicted molar refractivity (Wildman–Crippen MR) is 81.0 cm³/mol. The molecule has 2 aromatic rings. The van der Waals surface area contributed by atoms with Crippen LogP contribution in [0.1, 0.15) is 30.3 Å². The molecular weight excluding hydrogens is 280 g/mol. The SMILES string of the molecule is Cn1cnnc1[C@@H]1CCCN(C(=O)NCc2ccccn2)C1. The first-order chi connectivity index (χ1) is 10.7. The van der Waals surface area contributed by atoms with Crippen LogP contribution in [-0.4, -0.2) is 43.8 Å². The lowest BCUT2D eigenvalue weighted by Crippen LogP contribution is -2.45. The molecule has 0 bridgehead atoms. The summed E-state index contributed by atoms with van der Waals surface area (Å²) >= 11 is 0. The minimum atomic E-state index is -0.0440. The van der Waals surface area contributed by atoms with Crippen molar-refractivity contribution in [2.45, 2.75) is 25.3 Å². The van der Waals surface area contributed by atoms with Gasteiger partial charge in [0.15, 0.2) is 0 Å². The van der Waals surface area contributed by atoms with E-state index in [2.05, 4.69) is 20.5 Å². The summed E-state index contributed by atoms with van der Waals surface area (Å²) in [4.78, 5) is 18.4. The molecule has 2 aromatic heterocycles. The molecule has 0 saturated carbocycles. The van der Waals surface area contributed by atoms with Gasteiger partial charge in [-0.25, -0.2) is 4.79 Å². The number of aromatic nitrogens is 4. The highest BCUT2D eigenvalue weighted by Gasteiger charge is 2.27. The first-order valence-electron chi connectivity index (χ1n) is 7.50. The molecule has 2 amide bonds. The zero-order valence-electron chi connectivity index (χ0n) is 12.6. The van der Waals surface area contributed by atoms with Crippen LogP contribution >= 0.6 is 0 Å². The number of hydrogen-bond acceptors (Lipinski definition) is 4. The standard InChI is InChI=1S/C15H20N6O/c1-20-11-18-19-14(20)12-5-4-8-21(10-12)15(22)17-9-13-6-2-3-7-16-13/h2-3,6-7,11-12H,4-5,8-10H2,1H3,(H,17,22)/t12-/m1/s1. The highest BCUT2D eigenvalue weighted by atomic mass is 16.2. The fraction of sp³-hybridized carbons (Fsp3) is 0.467. The van der Waals surface area contributed by atoms with E-state index in [1.54, 1.807) is 12.5 Å². The molecule has 0 spiro atoms. The van der Waals surface area contributed by atoms with Crippen LogP contribution in [0.5, 0.6) is 0 Å². The number of nitrogens with zero attached hydrogens (tertiary/aromatic N) is 5. The summed E-state index contributed by atoms with van der Waals surface area (Å²) in [5.41, 5.74) is 0.859. The Morgan fingerprint density at radius 1 is 1.45 bits per heavy atom. The number of pyridine rings is 1. The second kappa shape index (κ2) is 6.55. The number of hydrogen-bond donors (Lipinski definition) is 1. The van der Waals surface area contributed by atoms with Gasteiger partial charge in [-0.15, -0.1) is 10.2 Å². The van der Waals surface area contributed by atoms with Crippen molar-refractivity contribution < 1.29 is 4.79 Å². The monoisotopic (exact) mass is 300 g/mol. The van der Waals surface area contributed by atoms with Gasteiger partial charge in [0.25, 0.3) is 0 Å². The lowest BCUT2D eigenvalue weighted by atomic mass is 9.97. The zero-order valence-corrected chi connectivity index (χ0v) is 12.6. The maximum Gasteiger partial charge on any atom is 0.317 e. The fourth-order valence-corrected chi connectivity index (χ4v) is 2.81. The van der Waals surface area contributed by atoms with Crippen molar-refractivity contribution in [1.29, 1.82) is 0 Å². The van der Waals surface area contributed by atoms with Crippen molar-refractivity contribution in [3.8, 4) is 0 Å². The number of urea groups is 1. The van der Waals surface area contributed by atoms with Gasteiger partial charge < -0.3 is 14.8 Å². The van der Waals surface area contributed by atoms with Gasteiger partial charge in [0.05, 0.1) is 12.2 Å². The van der Waals surface area contributed by atoms with Crippen molar-refractivity contribution in [1.82, 2.24) is 30.0 Å². The van der Waals surface area contributed by atoms with Gasteiger partial charge in [0, 0.05) is 32.3 Å². The van der Waals surface area contributed by atoms with E-state index in [0.29, 0.717) is 13.1 Å². The van der Waals surface area contributed by atoms with Gasteiger partial charge in [0.2, 0.25) is 0 Å². The van der Waals surface area contributed by atoms with E-state index in [9.17, 15) is 4.79 Å². The largest absolute Gasteiger partial charge is 0.332 e. The van der Waals surface area contributed by atoms with Crippen LogP contribution in [0.4, 0.5) is 4.79 Å². The molecule has 3 heterocycles. The molecule has 1 fully saturated rings. The highest BCUT2D eigenvalue weighted by Crippen LogP contribution is 2.24. The first kappa shape index (κ1) is 14.5. The Morgan fingerprint density at radius 2 is 2.36 bits per heavy atom. The van der Waals surface area contributed by atoms with E-state index in [-0.39, 0.29) is 11.9 Å². The lowest BCUT2D eigenvalue weighted by Gasteiger charge is -2.32. The number of aryl methyl sites for hydroxylation is 1. The molecule has 1 saturated heterocycles. The second-order valence-corrected chi connectivity index (χ2v) is 5.56. The molecular formula is C15H20N6O. The van der Waals surface area contributed by atoms with Crippen LogP contribution < -0.4 is 5.32 Å². The van der Waals surface area contributed by atoms with Crippen LogP contribution in [0.3, 0.4) is 0 Å². The first-order valence-corrected chi connectivity index (χ1v) is 7.50. The summed E-state index contributed by atoms with van der Waals surface area (Å²) in [6, 6.07) is 5.64. The van der Waals surface area contributed by atoms with Crippen molar-refractivity contribution in [2.75, 3.05) is 13.1 Å². The van der Waals surface area contributed by atoms with Crippen molar-refractivity contribution in [3.63, 3.8) is 0 Å². The molecule has 1 atom stereocenters. The number of nitrogens with one attached hydrogen (secondary N) is 1. The number of amides is 2. The average Bonchev–Trinajstić information content (AvgIpc) is 3.00. The summed E-state index contributed by atoms with van der Waals surface area (Å²) in [5.74, 6) is 1.20. The molecule has 1 aliphatic rings. The quantitative estimate of drug-likeness (QED) is 0.927. The van der Waals surface area contributed by atoms with E-state index in [4.69, 9.17) is 0 Å². The molecule has 116 valence electrons. The minimum Gasteiger partial charge on any atom is -0.332 e. The number of likely N-dealkylation sites (tertiary alicyclic amines) is 1. The van der Waals surface area contributed by atoms with E-state index in [1.165, 1.54) is 0 Å². The van der Waals surface area contributed by atoms with Crippen molar-refractivity contribution in [2.24, 2.45) is 7.05 Å². The zero-order chi connectivity index (χ0) is 15.4. The van der Waals surface area contributed by atoms with Crippen LogP contribution in [0.2, 0.25) is 0 Å². The molecule has 1 N–H and O–H groups in total. The van der Waals surface area contributed by atoms with E-state index >= 15 is 0 Å². The molecule has 3 rings (SSSR count). The van der Waals surface area contributed by atoms with Crippen molar-refractivity contribution in [3.05, 3.63) is 42.2 Å². The van der Waals surface area contributed by atoms with Gasteiger partial charge in [0.1, 0.15) is 12.2 Å². The topological polar surface area (TPSA) is 75.9 Å². The number of piperidine rings is 1. The number of carbonyl (C=O) groups is 1. The molecule has 0 radical (unpaired) electrons. The second-order valence-electron chi connectivity index (χ2n) is 5.56. The Labute approximate surface area is 129 Å². The highest BCUT2D eigenvalue weighted by molar-refractivity contribution is 5.74. The minimum absolute atomic E-state index is 0.0440. The van der Waals surface area contributed by atoms with E-state index in [1.807, 2.05) is 34.7 Å². The molecule has 7 heteroatoms. The van der Waals surface area contributed by atoms with Gasteiger partial charge in [-0.3, -0.25) is 4.98 Å². The number of rotatable bonds is 3. The summed E-state index contributed by atoms with van der Waals surface area (Å²) in [6.07, 6.45) is 5.45. The van der Waals surface area contributed by atoms with Crippen molar-refractivity contribution >= 4 is 6.03 Å². The lowest BCUT2D eigenvalue weighted by molar-refractivity contribution is 0.177. The maximum atomic E-state index is 12.3. The van der Waals surface area contributed by atoms with Crippen LogP contribution in [0.25, 0.3) is 0 Å². The molecule has 22 heavy (non-hydrogen) atoms. The molecule has 7 nitrogen and oxygen atoms in total. The average molecular weight is 300 g/mol. The molecule has 1 aliphatic heterocycles.